The molecule has 0 aromatic heterocycles. The van der Waals surface area contributed by atoms with E-state index in [0.29, 0.717) is 0 Å². The maximum Gasteiger partial charge on any atom is 0.561 e. The Hall–Kier alpha value is -1.59. The lowest BCUT2D eigenvalue weighted by molar-refractivity contribution is -0.402. The lowest BCUT2D eigenvalue weighted by Gasteiger charge is -1.89. The van der Waals surface area contributed by atoms with Gasteiger partial charge in [-0.1, -0.05) is 0 Å². The highest BCUT2D eigenvalue weighted by Gasteiger charge is 2.17. The van der Waals surface area contributed by atoms with Crippen LogP contribution in [0, 0.1) is 22.0 Å². The van der Waals surface area contributed by atoms with Crippen LogP contribution in [-0.2, 0) is 0 Å². The van der Waals surface area contributed by atoms with E-state index in [4.69, 9.17) is 15.3 Å². The molecular formula is C5H8N3O3. The van der Waals surface area contributed by atoms with E-state index in [-0.39, 0.29) is 0 Å². The average molecular weight is 158 g/mol. The van der Waals surface area contributed by atoms with Crippen molar-refractivity contribution >= 4 is 0 Å². The molecule has 0 unspecified atom stereocenters. The molecule has 6 heteroatoms. The Morgan fingerprint density at radius 2 is 2.27 bits per heavy atom. The zero-order valence-corrected chi connectivity index (χ0v) is 5.98. The topological polar surface area (TPSA) is 81.5 Å². The molecule has 61 valence electrons. The highest BCUT2D eigenvalue weighted by atomic mass is 16.9. The minimum atomic E-state index is -1.75. The molecule has 0 saturated carbocycles. The minimum absolute atomic E-state index is 0.990. The summed E-state index contributed by atoms with van der Waals surface area (Å²) >= 11 is 0. The Morgan fingerprint density at radius 3 is 2.45 bits per heavy atom. The van der Waals surface area contributed by atoms with Crippen molar-refractivity contribution in [2.24, 2.45) is 0 Å². The molecule has 0 amide bonds. The average Bonchev–Trinajstić information content (AvgIpc) is 2.36. The maximum atomic E-state index is 8.25. The molecule has 0 aromatic carbocycles. The SMILES string of the molecule is CCN1[C+]NC=C1.O=[N+]([O-])[O-]. The van der Waals surface area contributed by atoms with Crippen molar-refractivity contribution in [3.8, 4) is 0 Å². The van der Waals surface area contributed by atoms with Gasteiger partial charge in [-0.15, -0.1) is 4.90 Å². The predicted octanol–water partition coefficient (Wildman–Crippen LogP) is 0.140. The molecule has 1 radical (unpaired) electrons. The van der Waals surface area contributed by atoms with Crippen LogP contribution in [0.1, 0.15) is 6.92 Å². The Bertz CT molecular complexity index is 144. The molecule has 0 aromatic rings. The quantitative estimate of drug-likeness (QED) is 0.333. The fourth-order valence-corrected chi connectivity index (χ4v) is 0.469. The van der Waals surface area contributed by atoms with Crippen LogP contribution in [0.15, 0.2) is 12.4 Å². The lowest BCUT2D eigenvalue weighted by Crippen LogP contribution is -2.12. The number of nitrogens with one attached hydrogen (secondary N) is 1. The molecule has 1 aliphatic rings. The van der Waals surface area contributed by atoms with Crippen LogP contribution in [-0.4, -0.2) is 16.5 Å². The van der Waals surface area contributed by atoms with Crippen molar-refractivity contribution in [1.29, 1.82) is 0 Å². The van der Waals surface area contributed by atoms with Crippen LogP contribution in [0.5, 0.6) is 0 Å². The van der Waals surface area contributed by atoms with Gasteiger partial charge in [-0.05, 0) is 6.92 Å². The molecule has 1 heterocycles. The first-order valence-corrected chi connectivity index (χ1v) is 2.92. The molecule has 0 bridgehead atoms. The Morgan fingerprint density at radius 1 is 1.73 bits per heavy atom. The van der Waals surface area contributed by atoms with E-state index < -0.39 is 5.09 Å². The third kappa shape index (κ3) is 6.29. The summed E-state index contributed by atoms with van der Waals surface area (Å²) in [7, 11) is 0. The van der Waals surface area contributed by atoms with Gasteiger partial charge in [0.15, 0.2) is 0 Å². The molecule has 1 aliphatic heterocycles. The van der Waals surface area contributed by atoms with Crippen molar-refractivity contribution < 1.29 is 5.09 Å². The van der Waals surface area contributed by atoms with Gasteiger partial charge in [-0.3, -0.25) is 0 Å². The first kappa shape index (κ1) is 9.41. The summed E-state index contributed by atoms with van der Waals surface area (Å²) in [5.41, 5.74) is 0. The first-order chi connectivity index (χ1) is 5.16. The summed E-state index contributed by atoms with van der Waals surface area (Å²) in [5, 5.41) is 17.6. The van der Waals surface area contributed by atoms with Crippen molar-refractivity contribution in [3.05, 3.63) is 34.4 Å². The zero-order chi connectivity index (χ0) is 8.69. The van der Waals surface area contributed by atoms with E-state index in [2.05, 4.69) is 18.9 Å². The van der Waals surface area contributed by atoms with Gasteiger partial charge < -0.3 is 15.3 Å². The monoisotopic (exact) mass is 158 g/mol. The van der Waals surface area contributed by atoms with E-state index in [1.807, 2.05) is 17.3 Å². The molecule has 0 spiro atoms. The summed E-state index contributed by atoms with van der Waals surface area (Å²) in [6.07, 6.45) is 3.80. The minimum Gasteiger partial charge on any atom is -0.356 e. The van der Waals surface area contributed by atoms with Crippen LogP contribution in [0.3, 0.4) is 0 Å². The second kappa shape index (κ2) is 5.21. The summed E-state index contributed by atoms with van der Waals surface area (Å²) in [6.45, 7) is 5.94. The molecule has 1 rings (SSSR count). The zero-order valence-electron chi connectivity index (χ0n) is 5.98. The highest BCUT2D eigenvalue weighted by molar-refractivity contribution is 4.92. The molecule has 11 heavy (non-hydrogen) atoms. The van der Waals surface area contributed by atoms with Crippen LogP contribution in [0.2, 0.25) is 0 Å². The lowest BCUT2D eigenvalue weighted by atomic mass is 10.6. The van der Waals surface area contributed by atoms with Crippen molar-refractivity contribution in [3.63, 3.8) is 0 Å². The Labute approximate surface area is 64.2 Å². The fourth-order valence-electron chi connectivity index (χ4n) is 0.469. The largest absolute Gasteiger partial charge is 0.561 e. The standard InChI is InChI=1S/C5H8N2.NO3/c1-2-7-4-3-6-5-7;2-1(3)4/h3-4,6H,2H2,1H3;/q+1;-1. The summed E-state index contributed by atoms with van der Waals surface area (Å²) in [5.74, 6) is 0. The van der Waals surface area contributed by atoms with Gasteiger partial charge in [0.2, 0.25) is 0 Å². The summed E-state index contributed by atoms with van der Waals surface area (Å²) in [6, 6.07) is 0. The smallest absolute Gasteiger partial charge is 0.356 e. The normalized spacial score (nSPS) is 12.6. The number of hydrogen-bond acceptors (Lipinski definition) is 5. The molecule has 1 N–H and O–H groups in total. The number of hydrogen-bond donors (Lipinski definition) is 1. The van der Waals surface area contributed by atoms with Crippen molar-refractivity contribution in [2.75, 3.05) is 6.54 Å². The predicted molar refractivity (Wildman–Crippen MR) is 38.3 cm³/mol. The molecule has 0 fully saturated rings. The molecule has 0 saturated heterocycles. The van der Waals surface area contributed by atoms with Gasteiger partial charge in [0, 0.05) is 0 Å². The van der Waals surface area contributed by atoms with Gasteiger partial charge in [0.25, 0.3) is 0 Å². The van der Waals surface area contributed by atoms with Gasteiger partial charge in [0.05, 0.1) is 24.0 Å². The van der Waals surface area contributed by atoms with Crippen LogP contribution < -0.4 is 5.32 Å². The maximum absolute atomic E-state index is 8.25. The number of nitrogens with zero attached hydrogens (tertiary/aromatic N) is 2. The van der Waals surface area contributed by atoms with Crippen molar-refractivity contribution in [2.45, 2.75) is 6.92 Å². The molecule has 6 nitrogen and oxygen atoms in total. The van der Waals surface area contributed by atoms with Crippen LogP contribution in [0.25, 0.3) is 0 Å². The fraction of sp³-hybridized carbons (Fsp3) is 0.400. The summed E-state index contributed by atoms with van der Waals surface area (Å²) < 4.78 is 0. The highest BCUT2D eigenvalue weighted by Crippen LogP contribution is 1.95. The van der Waals surface area contributed by atoms with Crippen LogP contribution >= 0.6 is 0 Å². The van der Waals surface area contributed by atoms with E-state index in [0.717, 1.165) is 6.54 Å². The molecule has 0 atom stereocenters. The van der Waals surface area contributed by atoms with Crippen LogP contribution in [0.4, 0.5) is 0 Å². The van der Waals surface area contributed by atoms with Crippen molar-refractivity contribution in [1.82, 2.24) is 10.2 Å². The molecule has 0 aliphatic carbocycles. The first-order valence-electron chi connectivity index (χ1n) is 2.92. The second-order valence-electron chi connectivity index (χ2n) is 1.58. The Kier molecular flexibility index (Phi) is 4.46. The summed E-state index contributed by atoms with van der Waals surface area (Å²) in [4.78, 5) is 10.2. The van der Waals surface area contributed by atoms with E-state index in [1.54, 1.807) is 0 Å². The third-order valence-electron chi connectivity index (χ3n) is 0.887. The van der Waals surface area contributed by atoms with E-state index >= 15 is 0 Å². The van der Waals surface area contributed by atoms with Gasteiger partial charge in [-0.25, -0.2) is 0 Å². The third-order valence-corrected chi connectivity index (χ3v) is 0.887. The van der Waals surface area contributed by atoms with E-state index in [1.165, 1.54) is 0 Å². The van der Waals surface area contributed by atoms with Gasteiger partial charge in [0.1, 0.15) is 0 Å². The number of rotatable bonds is 1. The molecular weight excluding hydrogens is 150 g/mol. The second-order valence-corrected chi connectivity index (χ2v) is 1.58. The van der Waals surface area contributed by atoms with Gasteiger partial charge >= 0.3 is 6.67 Å². The van der Waals surface area contributed by atoms with Gasteiger partial charge in [-0.2, -0.15) is 5.32 Å². The Balaban J connectivity index is 0.000000218. The van der Waals surface area contributed by atoms with E-state index in [9.17, 15) is 0 Å².